The van der Waals surface area contributed by atoms with Crippen molar-refractivity contribution in [3.63, 3.8) is 0 Å². The minimum atomic E-state index is 0.703. The molecule has 3 aromatic rings. The smallest absolute Gasteiger partial charge is 0.192 e. The lowest BCUT2D eigenvalue weighted by molar-refractivity contribution is 0.561. The van der Waals surface area contributed by atoms with Gasteiger partial charge in [-0.2, -0.15) is 0 Å². The predicted octanol–water partition coefficient (Wildman–Crippen LogP) is 3.05. The van der Waals surface area contributed by atoms with Gasteiger partial charge in [-0.15, -0.1) is 11.3 Å². The van der Waals surface area contributed by atoms with Crippen LogP contribution in [0.25, 0.3) is 21.3 Å². The highest BCUT2D eigenvalue weighted by Crippen LogP contribution is 2.27. The van der Waals surface area contributed by atoms with E-state index < -0.39 is 0 Å². The van der Waals surface area contributed by atoms with Crippen LogP contribution in [0.1, 0.15) is 10.9 Å². The van der Waals surface area contributed by atoms with Gasteiger partial charge in [-0.3, -0.25) is 0 Å². The van der Waals surface area contributed by atoms with Gasteiger partial charge in [0.1, 0.15) is 5.52 Å². The number of hydrogen-bond donors (Lipinski definition) is 0. The van der Waals surface area contributed by atoms with Crippen LogP contribution in [0.5, 0.6) is 0 Å². The molecule has 70 valence electrons. The maximum absolute atomic E-state index is 5.45. The van der Waals surface area contributed by atoms with E-state index in [1.165, 1.54) is 0 Å². The first-order valence-electron chi connectivity index (χ1n) is 4.37. The molecule has 0 aliphatic carbocycles. The Balaban J connectivity index is 2.49. The number of nitrogens with zero attached hydrogens (tertiary/aromatic N) is 2. The van der Waals surface area contributed by atoms with Gasteiger partial charge < -0.3 is 4.42 Å². The molecule has 0 radical (unpaired) electrons. The molecule has 0 aliphatic heterocycles. The first-order valence-corrected chi connectivity index (χ1v) is 5.18. The largest absolute Gasteiger partial charge is 0.441 e. The van der Waals surface area contributed by atoms with Crippen molar-refractivity contribution in [3.8, 4) is 0 Å². The number of thiazole rings is 1. The van der Waals surface area contributed by atoms with E-state index in [9.17, 15) is 0 Å². The highest BCUT2D eigenvalue weighted by Gasteiger charge is 2.06. The molecule has 3 nitrogen and oxygen atoms in total. The van der Waals surface area contributed by atoms with Gasteiger partial charge in [0.25, 0.3) is 0 Å². The van der Waals surface area contributed by atoms with Crippen LogP contribution in [-0.2, 0) is 0 Å². The zero-order valence-electron chi connectivity index (χ0n) is 7.87. The van der Waals surface area contributed by atoms with Crippen molar-refractivity contribution in [1.82, 2.24) is 9.97 Å². The van der Waals surface area contributed by atoms with Gasteiger partial charge in [0, 0.05) is 13.0 Å². The standard InChI is InChI=1S/C10H8N2OS/c1-5-11-7-3-8-10(4-9(7)13-5)14-6(2)12-8/h3-4H,1-2H3. The third kappa shape index (κ3) is 1.04. The van der Waals surface area contributed by atoms with Crippen LogP contribution in [-0.4, -0.2) is 9.97 Å². The average Bonchev–Trinajstić information content (AvgIpc) is 2.59. The Morgan fingerprint density at radius 2 is 2.00 bits per heavy atom. The minimum absolute atomic E-state index is 0.703. The molecule has 0 amide bonds. The molecule has 0 spiro atoms. The van der Waals surface area contributed by atoms with Crippen molar-refractivity contribution in [2.45, 2.75) is 13.8 Å². The van der Waals surface area contributed by atoms with Crippen molar-refractivity contribution in [3.05, 3.63) is 23.0 Å². The summed E-state index contributed by atoms with van der Waals surface area (Å²) in [6.45, 7) is 3.86. The Bertz CT molecular complexity index is 521. The van der Waals surface area contributed by atoms with Crippen molar-refractivity contribution in [2.24, 2.45) is 0 Å². The fraction of sp³-hybridized carbons (Fsp3) is 0.200. The molecular weight excluding hydrogens is 196 g/mol. The maximum Gasteiger partial charge on any atom is 0.192 e. The summed E-state index contributed by atoms with van der Waals surface area (Å²) < 4.78 is 6.61. The van der Waals surface area contributed by atoms with Crippen LogP contribution in [0.15, 0.2) is 16.5 Å². The Labute approximate surface area is 84.4 Å². The first-order chi connectivity index (χ1) is 6.72. The first kappa shape index (κ1) is 7.94. The zero-order chi connectivity index (χ0) is 9.71. The summed E-state index contributed by atoms with van der Waals surface area (Å²) in [5.74, 6) is 0.703. The molecular formula is C10H8N2OS. The second kappa shape index (κ2) is 2.54. The molecule has 4 heteroatoms. The second-order valence-electron chi connectivity index (χ2n) is 3.25. The molecule has 2 aromatic heterocycles. The number of oxazole rings is 1. The van der Waals surface area contributed by atoms with Gasteiger partial charge in [-0.25, -0.2) is 9.97 Å². The fourth-order valence-electron chi connectivity index (χ4n) is 1.58. The van der Waals surface area contributed by atoms with Crippen LogP contribution in [0.3, 0.4) is 0 Å². The summed E-state index contributed by atoms with van der Waals surface area (Å²) in [4.78, 5) is 8.68. The summed E-state index contributed by atoms with van der Waals surface area (Å²) in [7, 11) is 0. The minimum Gasteiger partial charge on any atom is -0.441 e. The maximum atomic E-state index is 5.45. The Kier molecular flexibility index (Phi) is 1.44. The Morgan fingerprint density at radius 3 is 2.86 bits per heavy atom. The van der Waals surface area contributed by atoms with Gasteiger partial charge >= 0.3 is 0 Å². The molecule has 0 aliphatic rings. The highest BCUT2D eigenvalue weighted by molar-refractivity contribution is 7.18. The Morgan fingerprint density at radius 1 is 1.14 bits per heavy atom. The Hall–Kier alpha value is -1.42. The zero-order valence-corrected chi connectivity index (χ0v) is 8.68. The topological polar surface area (TPSA) is 38.9 Å². The van der Waals surface area contributed by atoms with E-state index in [1.54, 1.807) is 11.3 Å². The predicted molar refractivity (Wildman–Crippen MR) is 56.7 cm³/mol. The number of aryl methyl sites for hydroxylation is 2. The van der Waals surface area contributed by atoms with Gasteiger partial charge in [-0.1, -0.05) is 0 Å². The summed E-state index contributed by atoms with van der Waals surface area (Å²) in [5.41, 5.74) is 2.74. The molecule has 0 unspecified atom stereocenters. The third-order valence-electron chi connectivity index (χ3n) is 2.11. The number of benzene rings is 1. The lowest BCUT2D eigenvalue weighted by atomic mass is 10.3. The number of fused-ring (bicyclic) bond motifs is 2. The molecule has 2 heterocycles. The fourth-order valence-corrected chi connectivity index (χ4v) is 2.42. The number of hydrogen-bond acceptors (Lipinski definition) is 4. The van der Waals surface area contributed by atoms with Gasteiger partial charge in [0.2, 0.25) is 0 Å². The van der Waals surface area contributed by atoms with Crippen LogP contribution in [0, 0.1) is 13.8 Å². The molecule has 1 aromatic carbocycles. The van der Waals surface area contributed by atoms with E-state index in [0.717, 1.165) is 26.3 Å². The summed E-state index contributed by atoms with van der Waals surface area (Å²) in [6, 6.07) is 3.99. The van der Waals surface area contributed by atoms with Crippen molar-refractivity contribution in [1.29, 1.82) is 0 Å². The van der Waals surface area contributed by atoms with Crippen molar-refractivity contribution >= 4 is 32.7 Å². The molecule has 0 fully saturated rings. The van der Waals surface area contributed by atoms with Gasteiger partial charge in [0.15, 0.2) is 11.5 Å². The molecule has 0 atom stereocenters. The third-order valence-corrected chi connectivity index (χ3v) is 3.05. The van der Waals surface area contributed by atoms with Crippen LogP contribution < -0.4 is 0 Å². The molecule has 3 rings (SSSR count). The quantitative estimate of drug-likeness (QED) is 0.565. The summed E-state index contributed by atoms with van der Waals surface area (Å²) in [5, 5.41) is 1.07. The SMILES string of the molecule is Cc1nc2cc3nc(C)sc3cc2o1. The monoisotopic (exact) mass is 204 g/mol. The van der Waals surface area contributed by atoms with Gasteiger partial charge in [0.05, 0.1) is 15.2 Å². The molecule has 0 bridgehead atoms. The van der Waals surface area contributed by atoms with Crippen LogP contribution in [0.2, 0.25) is 0 Å². The van der Waals surface area contributed by atoms with E-state index >= 15 is 0 Å². The van der Waals surface area contributed by atoms with E-state index in [0.29, 0.717) is 5.89 Å². The molecule has 0 saturated heterocycles. The molecule has 0 N–H and O–H groups in total. The van der Waals surface area contributed by atoms with Crippen molar-refractivity contribution < 1.29 is 4.42 Å². The van der Waals surface area contributed by atoms with Crippen LogP contribution >= 0.6 is 11.3 Å². The van der Waals surface area contributed by atoms with Gasteiger partial charge in [-0.05, 0) is 13.0 Å². The van der Waals surface area contributed by atoms with E-state index in [2.05, 4.69) is 9.97 Å². The van der Waals surface area contributed by atoms with E-state index in [1.807, 2.05) is 26.0 Å². The molecule has 0 saturated carbocycles. The highest BCUT2D eigenvalue weighted by atomic mass is 32.1. The van der Waals surface area contributed by atoms with Crippen LogP contribution in [0.4, 0.5) is 0 Å². The van der Waals surface area contributed by atoms with Crippen molar-refractivity contribution in [2.75, 3.05) is 0 Å². The number of rotatable bonds is 0. The lowest BCUT2D eigenvalue weighted by Crippen LogP contribution is -1.71. The average molecular weight is 204 g/mol. The lowest BCUT2D eigenvalue weighted by Gasteiger charge is -1.85. The summed E-state index contributed by atoms with van der Waals surface area (Å²) >= 11 is 1.68. The number of aromatic nitrogens is 2. The summed E-state index contributed by atoms with van der Waals surface area (Å²) in [6.07, 6.45) is 0. The second-order valence-corrected chi connectivity index (χ2v) is 4.49. The molecule has 14 heavy (non-hydrogen) atoms. The van der Waals surface area contributed by atoms with E-state index in [4.69, 9.17) is 4.42 Å². The van der Waals surface area contributed by atoms with E-state index in [-0.39, 0.29) is 0 Å². The normalized spacial score (nSPS) is 11.6.